The number of nitrogens with one attached hydrogen (secondary N) is 1. The van der Waals surface area contributed by atoms with Gasteiger partial charge in [-0.05, 0) is 78.3 Å². The van der Waals surface area contributed by atoms with Gasteiger partial charge < -0.3 is 20.5 Å². The third-order valence-electron chi connectivity index (χ3n) is 9.99. The maximum atomic E-state index is 13.0. The molecule has 8 heteroatoms. The molecule has 0 bridgehead atoms. The van der Waals surface area contributed by atoms with Gasteiger partial charge in [0, 0.05) is 48.7 Å². The van der Waals surface area contributed by atoms with Crippen LogP contribution in [-0.4, -0.2) is 55.4 Å². The number of benzene rings is 2. The summed E-state index contributed by atoms with van der Waals surface area (Å²) in [5, 5.41) is 2.20. The predicted octanol–water partition coefficient (Wildman–Crippen LogP) is 6.34. The average molecular weight is 617 g/mol. The van der Waals surface area contributed by atoms with Crippen LogP contribution in [0, 0.1) is 29.6 Å². The molecule has 1 unspecified atom stereocenters. The first-order chi connectivity index (χ1) is 22.1. The van der Waals surface area contributed by atoms with Crippen LogP contribution >= 0.6 is 0 Å². The Kier molecular flexibility index (Phi) is 7.75. The molecule has 1 aromatic heterocycles. The number of carbonyl (C=O) groups is 2. The van der Waals surface area contributed by atoms with Crippen molar-refractivity contribution in [3.05, 3.63) is 65.9 Å². The van der Waals surface area contributed by atoms with E-state index in [0.717, 1.165) is 77.8 Å². The van der Waals surface area contributed by atoms with E-state index in [2.05, 4.69) is 84.7 Å². The van der Waals surface area contributed by atoms with Gasteiger partial charge in [-0.1, -0.05) is 51.8 Å². The highest BCUT2D eigenvalue weighted by atomic mass is 16.2. The van der Waals surface area contributed by atoms with Gasteiger partial charge >= 0.3 is 0 Å². The Hall–Kier alpha value is -4.38. The van der Waals surface area contributed by atoms with Gasteiger partial charge in [0.05, 0.1) is 29.7 Å². The van der Waals surface area contributed by atoms with Crippen molar-refractivity contribution in [3.8, 4) is 23.1 Å². The number of rotatable bonds is 7. The van der Waals surface area contributed by atoms with Crippen LogP contribution in [0.4, 0.5) is 0 Å². The van der Waals surface area contributed by atoms with Gasteiger partial charge in [-0.2, -0.15) is 0 Å². The topological polar surface area (TPSA) is 108 Å². The zero-order valence-corrected chi connectivity index (χ0v) is 27.3. The SMILES string of the molecule is CC(C)CC(=O)N1[C@@H]2C[C@@H]2C[C@H]1c1ncc(-c2ccc3cc(C#C/C(N)=C/N=C4CC45CCCN5C(=O)CC(C)C)ccc3c2)[nH]1. The fourth-order valence-electron chi connectivity index (χ4n) is 7.57. The number of carbonyl (C=O) groups excluding carboxylic acids is 2. The summed E-state index contributed by atoms with van der Waals surface area (Å²) in [4.78, 5) is 42.8. The second-order valence-electron chi connectivity index (χ2n) is 14.5. The molecule has 4 atom stereocenters. The lowest BCUT2D eigenvalue weighted by atomic mass is 10.0. The molecule has 2 aromatic carbocycles. The van der Waals surface area contributed by atoms with Crippen LogP contribution in [-0.2, 0) is 9.59 Å². The molecule has 1 spiro atoms. The zero-order chi connectivity index (χ0) is 32.2. The molecule has 8 nitrogen and oxygen atoms in total. The third-order valence-corrected chi connectivity index (χ3v) is 9.99. The summed E-state index contributed by atoms with van der Waals surface area (Å²) in [6, 6.07) is 12.9. The van der Waals surface area contributed by atoms with Gasteiger partial charge in [-0.3, -0.25) is 14.6 Å². The third kappa shape index (κ3) is 5.84. The first kappa shape index (κ1) is 30.3. The minimum atomic E-state index is -0.186. The predicted molar refractivity (Wildman–Crippen MR) is 181 cm³/mol. The minimum Gasteiger partial charge on any atom is -0.391 e. The molecule has 0 radical (unpaired) electrons. The summed E-state index contributed by atoms with van der Waals surface area (Å²) in [5.74, 6) is 8.90. The van der Waals surface area contributed by atoms with E-state index in [1.54, 1.807) is 6.20 Å². The van der Waals surface area contributed by atoms with Crippen molar-refractivity contribution in [1.82, 2.24) is 19.8 Å². The number of amides is 2. The van der Waals surface area contributed by atoms with Gasteiger partial charge in [0.1, 0.15) is 11.5 Å². The summed E-state index contributed by atoms with van der Waals surface area (Å²) in [7, 11) is 0. The number of piperidine rings is 1. The fourth-order valence-corrected chi connectivity index (χ4v) is 7.57. The number of aromatic nitrogens is 2. The summed E-state index contributed by atoms with van der Waals surface area (Å²) in [6.45, 7) is 9.18. The normalized spacial score (nSPS) is 25.9. The van der Waals surface area contributed by atoms with Gasteiger partial charge in [-0.15, -0.1) is 0 Å². The number of likely N-dealkylation sites (tertiary alicyclic amines) is 2. The van der Waals surface area contributed by atoms with Crippen LogP contribution in [0.3, 0.4) is 0 Å². The molecule has 2 aliphatic carbocycles. The highest BCUT2D eigenvalue weighted by molar-refractivity contribution is 6.12. The molecule has 3 aromatic rings. The number of fused-ring (bicyclic) bond motifs is 2. The van der Waals surface area contributed by atoms with Crippen LogP contribution in [0.2, 0.25) is 0 Å². The number of aromatic amines is 1. The monoisotopic (exact) mass is 616 g/mol. The second-order valence-corrected chi connectivity index (χ2v) is 14.5. The van der Waals surface area contributed by atoms with E-state index in [1.165, 1.54) is 0 Å². The number of aliphatic imine (C=N–C) groups is 1. The van der Waals surface area contributed by atoms with Crippen molar-refractivity contribution in [2.24, 2.45) is 28.5 Å². The molecule has 3 heterocycles. The van der Waals surface area contributed by atoms with E-state index < -0.39 is 0 Å². The summed E-state index contributed by atoms with van der Waals surface area (Å²) in [6.07, 6.45) is 9.66. The lowest BCUT2D eigenvalue weighted by Gasteiger charge is -2.27. The highest BCUT2D eigenvalue weighted by Gasteiger charge is 2.59. The molecule has 7 rings (SSSR count). The number of allylic oxidation sites excluding steroid dienone is 1. The lowest BCUT2D eigenvalue weighted by molar-refractivity contribution is -0.134. The number of nitrogens with two attached hydrogens (primary N) is 1. The Morgan fingerprint density at radius 2 is 1.85 bits per heavy atom. The maximum Gasteiger partial charge on any atom is 0.223 e. The van der Waals surface area contributed by atoms with E-state index in [-0.39, 0.29) is 23.4 Å². The molecule has 4 fully saturated rings. The smallest absolute Gasteiger partial charge is 0.223 e. The Morgan fingerprint density at radius 1 is 1.09 bits per heavy atom. The van der Waals surface area contributed by atoms with Crippen molar-refractivity contribution in [1.29, 1.82) is 0 Å². The number of hydrogen-bond donors (Lipinski definition) is 2. The Morgan fingerprint density at radius 3 is 2.65 bits per heavy atom. The number of nitrogens with zero attached hydrogens (tertiary/aromatic N) is 4. The first-order valence-corrected chi connectivity index (χ1v) is 16.9. The maximum absolute atomic E-state index is 13.0. The molecule has 2 aliphatic heterocycles. The fraction of sp³-hybridized carbons (Fsp3) is 0.474. The van der Waals surface area contributed by atoms with Crippen molar-refractivity contribution < 1.29 is 9.59 Å². The molecular weight excluding hydrogens is 572 g/mol. The van der Waals surface area contributed by atoms with Crippen LogP contribution in [0.25, 0.3) is 22.0 Å². The second kappa shape index (κ2) is 11.8. The molecular formula is C38H44N6O2. The van der Waals surface area contributed by atoms with E-state index in [9.17, 15) is 9.59 Å². The molecule has 2 saturated heterocycles. The number of H-pyrrole nitrogens is 1. The average Bonchev–Trinajstić information content (AvgIpc) is 3.67. The largest absolute Gasteiger partial charge is 0.391 e. The molecule has 46 heavy (non-hydrogen) atoms. The quantitative estimate of drug-likeness (QED) is 0.302. The first-order valence-electron chi connectivity index (χ1n) is 16.9. The minimum absolute atomic E-state index is 0.0416. The van der Waals surface area contributed by atoms with Crippen LogP contribution in [0.5, 0.6) is 0 Å². The van der Waals surface area contributed by atoms with Crippen molar-refractivity contribution in [2.75, 3.05) is 6.54 Å². The summed E-state index contributed by atoms with van der Waals surface area (Å²) >= 11 is 0. The van der Waals surface area contributed by atoms with Crippen molar-refractivity contribution in [3.63, 3.8) is 0 Å². The van der Waals surface area contributed by atoms with E-state index in [1.807, 2.05) is 17.2 Å². The molecule has 3 N–H and O–H groups in total. The molecule has 4 aliphatic rings. The Balaban J connectivity index is 1.02. The summed E-state index contributed by atoms with van der Waals surface area (Å²) < 4.78 is 0. The van der Waals surface area contributed by atoms with Gasteiger partial charge in [-0.25, -0.2) is 4.98 Å². The number of hydrogen-bond acceptors (Lipinski definition) is 5. The van der Waals surface area contributed by atoms with Crippen molar-refractivity contribution in [2.45, 2.75) is 90.3 Å². The van der Waals surface area contributed by atoms with Crippen LogP contribution in [0.1, 0.15) is 90.1 Å². The van der Waals surface area contributed by atoms with Crippen molar-refractivity contribution >= 4 is 28.3 Å². The lowest BCUT2D eigenvalue weighted by Crippen LogP contribution is -2.39. The van der Waals surface area contributed by atoms with E-state index in [0.29, 0.717) is 42.3 Å². The summed E-state index contributed by atoms with van der Waals surface area (Å²) in [5.41, 5.74) is 10.4. The van der Waals surface area contributed by atoms with Gasteiger partial charge in [0.25, 0.3) is 0 Å². The molecule has 2 amide bonds. The Bertz CT molecular complexity index is 1820. The van der Waals surface area contributed by atoms with Crippen LogP contribution < -0.4 is 5.73 Å². The standard InChI is InChI=1S/C38H44N6O2/c1-23(2)14-35(45)43-13-5-12-38(43)20-34(38)40-21-30(39)11-7-25-6-8-27-17-28(10-9-26(27)16-25)31-22-41-37(42-31)33-19-29-18-32(29)44(33)36(46)15-24(3)4/h6,8-10,16-17,21-24,29,32-33H,5,12-15,18-20,39H2,1-4H3,(H,41,42)/b30-21-,40-34?/t29-,32-,33+,38?/m1/s1. The molecule has 238 valence electrons. The van der Waals surface area contributed by atoms with Gasteiger partial charge in [0.2, 0.25) is 11.8 Å². The Labute approximate surface area is 271 Å². The number of imidazole rings is 1. The van der Waals surface area contributed by atoms with Crippen LogP contribution in [0.15, 0.2) is 59.5 Å². The highest BCUT2D eigenvalue weighted by Crippen LogP contribution is 2.53. The zero-order valence-electron chi connectivity index (χ0n) is 27.3. The van der Waals surface area contributed by atoms with Gasteiger partial charge in [0.15, 0.2) is 0 Å². The molecule has 2 saturated carbocycles. The van der Waals surface area contributed by atoms with E-state index in [4.69, 9.17) is 10.7 Å². The van der Waals surface area contributed by atoms with E-state index >= 15 is 0 Å².